The van der Waals surface area contributed by atoms with Crippen molar-refractivity contribution >= 4 is 43.1 Å². The fraction of sp³-hybridized carbons (Fsp3) is 0.465. The van der Waals surface area contributed by atoms with Crippen molar-refractivity contribution in [3.05, 3.63) is 101 Å². The Bertz CT molecular complexity index is 2100. The first-order valence-electron chi connectivity index (χ1n) is 20.1. The number of amides is 3. The molecule has 3 amide bonds. The molecule has 294 valence electrons. The van der Waals surface area contributed by atoms with Gasteiger partial charge in [-0.05, 0) is 86.7 Å². The summed E-state index contributed by atoms with van der Waals surface area (Å²) in [6.45, 7) is 7.74. The van der Waals surface area contributed by atoms with Crippen LogP contribution in [0.5, 0.6) is 0 Å². The zero-order valence-corrected chi connectivity index (χ0v) is 33.5. The number of rotatable bonds is 11. The quantitative estimate of drug-likeness (QED) is 0.180. The average Bonchev–Trinajstić information content (AvgIpc) is 3.85. The van der Waals surface area contributed by atoms with Gasteiger partial charge in [-0.2, -0.15) is 0 Å². The number of anilines is 3. The number of hydrogen-bond acceptors (Lipinski definition) is 8. The highest BCUT2D eigenvalue weighted by atomic mass is 28.4. The van der Waals surface area contributed by atoms with Crippen molar-refractivity contribution in [2.75, 3.05) is 34.4 Å². The van der Waals surface area contributed by atoms with Gasteiger partial charge in [0.25, 0.3) is 5.91 Å². The van der Waals surface area contributed by atoms with Crippen LogP contribution in [0.2, 0.25) is 18.6 Å². The standard InChI is InChI=1S/C43H52N6O6Si/c1-29-41(56(2,3)54)38(20-23-46-27-36(44-45-46)34(28-50)31-13-5-4-6-14-31)55-43(29)35-25-33(48-22-10-8-17-40(48)52)18-19-37(35)49(42(43)53)26-30-12-11-15-32(24-30)47-21-9-7-16-39(47)51/h4-6,11-15,18-19,24-25,27,29,34,38,41,50,54H,7-10,16-17,20-23,26,28H2,1-3H3/t29-,34?,38+,41-,43+/m1/s1. The minimum absolute atomic E-state index is 0.0680. The highest BCUT2D eigenvalue weighted by molar-refractivity contribution is 6.71. The molecular weight excluding hydrogens is 725 g/mol. The van der Waals surface area contributed by atoms with E-state index < -0.39 is 20.0 Å². The molecule has 12 nitrogen and oxygen atoms in total. The zero-order chi connectivity index (χ0) is 39.2. The van der Waals surface area contributed by atoms with Crippen LogP contribution >= 0.6 is 0 Å². The Morgan fingerprint density at radius 1 is 0.893 bits per heavy atom. The van der Waals surface area contributed by atoms with Gasteiger partial charge >= 0.3 is 0 Å². The molecule has 1 aromatic heterocycles. The summed E-state index contributed by atoms with van der Waals surface area (Å²) in [4.78, 5) is 58.6. The van der Waals surface area contributed by atoms with E-state index in [0.29, 0.717) is 44.6 Å². The van der Waals surface area contributed by atoms with E-state index in [2.05, 4.69) is 10.3 Å². The molecule has 8 rings (SSSR count). The van der Waals surface area contributed by atoms with Crippen molar-refractivity contribution in [3.63, 3.8) is 0 Å². The van der Waals surface area contributed by atoms with Gasteiger partial charge in [-0.25, -0.2) is 0 Å². The fourth-order valence-electron chi connectivity index (χ4n) is 9.72. The summed E-state index contributed by atoms with van der Waals surface area (Å²) < 4.78 is 8.91. The van der Waals surface area contributed by atoms with Crippen LogP contribution in [0.3, 0.4) is 0 Å². The predicted molar refractivity (Wildman–Crippen MR) is 216 cm³/mol. The van der Waals surface area contributed by atoms with E-state index in [-0.39, 0.29) is 48.3 Å². The highest BCUT2D eigenvalue weighted by Gasteiger charge is 2.66. The molecule has 0 radical (unpaired) electrons. The summed E-state index contributed by atoms with van der Waals surface area (Å²) in [6.07, 6.45) is 6.49. The van der Waals surface area contributed by atoms with E-state index >= 15 is 4.79 Å². The number of carbonyl (C=O) groups excluding carboxylic acids is 3. The van der Waals surface area contributed by atoms with Crippen LogP contribution in [0.4, 0.5) is 17.1 Å². The second-order valence-corrected chi connectivity index (χ2v) is 20.4. The number of aryl methyl sites for hydroxylation is 1. The molecule has 1 unspecified atom stereocenters. The van der Waals surface area contributed by atoms with Crippen molar-refractivity contribution < 1.29 is 29.0 Å². The summed E-state index contributed by atoms with van der Waals surface area (Å²) in [5.74, 6) is -0.707. The van der Waals surface area contributed by atoms with Crippen molar-refractivity contribution in [1.82, 2.24) is 15.0 Å². The lowest BCUT2D eigenvalue weighted by atomic mass is 9.82. The summed E-state index contributed by atoms with van der Waals surface area (Å²) in [7, 11) is -2.96. The number of aliphatic hydroxyl groups is 1. The summed E-state index contributed by atoms with van der Waals surface area (Å²) in [5.41, 5.74) is 3.83. The second-order valence-electron chi connectivity index (χ2n) is 16.5. The van der Waals surface area contributed by atoms with Crippen LogP contribution < -0.4 is 14.7 Å². The molecule has 13 heteroatoms. The van der Waals surface area contributed by atoms with Gasteiger partial charge in [-0.1, -0.05) is 54.6 Å². The lowest BCUT2D eigenvalue weighted by Gasteiger charge is -2.33. The van der Waals surface area contributed by atoms with Crippen LogP contribution in [0.25, 0.3) is 0 Å². The Hall–Kier alpha value is -4.69. The molecule has 3 aromatic carbocycles. The molecule has 0 saturated carbocycles. The van der Waals surface area contributed by atoms with Gasteiger partial charge in [0.2, 0.25) is 11.8 Å². The lowest BCUT2D eigenvalue weighted by molar-refractivity contribution is -0.146. The monoisotopic (exact) mass is 776 g/mol. The Morgan fingerprint density at radius 3 is 2.25 bits per heavy atom. The average molecular weight is 777 g/mol. The molecule has 5 heterocycles. The summed E-state index contributed by atoms with van der Waals surface area (Å²) in [6, 6.07) is 23.4. The SMILES string of the molecule is C[C@@H]1[C@@H]([Si](C)(C)O)[C@H](CCn2cc(C(CO)c3ccccc3)nn2)O[C@@]12C(=O)N(Cc1cccc(N3CCCCC3=O)c1)c1ccc(N3CCCCC3=O)cc12. The number of piperidine rings is 2. The number of fused-ring (bicyclic) bond motifs is 2. The van der Waals surface area contributed by atoms with Crippen molar-refractivity contribution in [2.24, 2.45) is 5.92 Å². The number of nitrogens with zero attached hydrogens (tertiary/aromatic N) is 6. The Kier molecular flexibility index (Phi) is 10.5. The molecular formula is C43H52N6O6Si. The third-order valence-electron chi connectivity index (χ3n) is 12.4. The molecule has 3 fully saturated rings. The van der Waals surface area contributed by atoms with Crippen molar-refractivity contribution in [1.29, 1.82) is 0 Å². The third-order valence-corrected chi connectivity index (χ3v) is 14.9. The molecule has 0 bridgehead atoms. The van der Waals surface area contributed by atoms with E-state index in [0.717, 1.165) is 59.4 Å². The first-order chi connectivity index (χ1) is 27.0. The smallest absolute Gasteiger partial charge is 0.264 e. The fourth-order valence-corrected chi connectivity index (χ4v) is 12.3. The van der Waals surface area contributed by atoms with Crippen LogP contribution in [-0.4, -0.2) is 76.7 Å². The van der Waals surface area contributed by atoms with Gasteiger partial charge in [0.15, 0.2) is 13.9 Å². The predicted octanol–water partition coefficient (Wildman–Crippen LogP) is 5.87. The number of aromatic nitrogens is 3. The third kappa shape index (κ3) is 6.88. The molecule has 4 aliphatic rings. The molecule has 2 N–H and O–H groups in total. The van der Waals surface area contributed by atoms with Crippen molar-refractivity contribution in [2.45, 2.75) is 101 Å². The topological polar surface area (TPSA) is 141 Å². The van der Waals surface area contributed by atoms with Gasteiger partial charge in [0.1, 0.15) is 0 Å². The number of aliphatic hydroxyl groups excluding tert-OH is 1. The highest BCUT2D eigenvalue weighted by Crippen LogP contribution is 2.60. The maximum atomic E-state index is 15.3. The molecule has 1 spiro atoms. The minimum Gasteiger partial charge on any atom is -0.432 e. The van der Waals surface area contributed by atoms with E-state index in [4.69, 9.17) is 4.74 Å². The minimum atomic E-state index is -2.96. The molecule has 4 aromatic rings. The van der Waals surface area contributed by atoms with E-state index in [1.54, 1.807) is 9.58 Å². The normalized spacial score (nSPS) is 24.7. The Morgan fingerprint density at radius 2 is 1.59 bits per heavy atom. The van der Waals surface area contributed by atoms with Crippen LogP contribution in [0.1, 0.15) is 80.2 Å². The summed E-state index contributed by atoms with van der Waals surface area (Å²) >= 11 is 0. The van der Waals surface area contributed by atoms with Crippen LogP contribution in [0, 0.1) is 5.92 Å². The van der Waals surface area contributed by atoms with E-state index in [1.807, 2.05) is 109 Å². The van der Waals surface area contributed by atoms with E-state index in [1.165, 1.54) is 0 Å². The first kappa shape index (κ1) is 38.2. The summed E-state index contributed by atoms with van der Waals surface area (Å²) in [5, 5.41) is 19.1. The number of hydrogen-bond donors (Lipinski definition) is 2. The molecule has 3 saturated heterocycles. The van der Waals surface area contributed by atoms with Crippen molar-refractivity contribution in [3.8, 4) is 0 Å². The number of ether oxygens (including phenoxy) is 1. The number of carbonyl (C=O) groups is 3. The molecule has 5 atom stereocenters. The van der Waals surface area contributed by atoms with Gasteiger partial charge in [-0.15, -0.1) is 5.10 Å². The number of benzene rings is 3. The van der Waals surface area contributed by atoms with Crippen LogP contribution in [-0.2, 0) is 37.8 Å². The molecule has 4 aliphatic heterocycles. The van der Waals surface area contributed by atoms with Gasteiger partial charge in [-0.3, -0.25) is 19.1 Å². The zero-order valence-electron chi connectivity index (χ0n) is 32.5. The maximum Gasteiger partial charge on any atom is 0.264 e. The largest absolute Gasteiger partial charge is 0.432 e. The Labute approximate surface area is 329 Å². The van der Waals surface area contributed by atoms with Gasteiger partial charge in [0, 0.05) is 67.1 Å². The molecule has 56 heavy (non-hydrogen) atoms. The van der Waals surface area contributed by atoms with Gasteiger partial charge < -0.3 is 29.3 Å². The second kappa shape index (κ2) is 15.3. The Balaban J connectivity index is 1.13. The molecule has 0 aliphatic carbocycles. The maximum absolute atomic E-state index is 15.3. The lowest BCUT2D eigenvalue weighted by Crippen LogP contribution is -2.46. The van der Waals surface area contributed by atoms with E-state index in [9.17, 15) is 19.5 Å². The van der Waals surface area contributed by atoms with Crippen LogP contribution in [0.15, 0.2) is 79.0 Å². The first-order valence-corrected chi connectivity index (χ1v) is 23.1. The van der Waals surface area contributed by atoms with Gasteiger partial charge in [0.05, 0.1) is 36.6 Å².